The monoisotopic (exact) mass is 278 g/mol. The van der Waals surface area contributed by atoms with E-state index in [2.05, 4.69) is 4.72 Å². The average molecular weight is 278 g/mol. The predicted octanol–water partition coefficient (Wildman–Crippen LogP) is 1.23. The van der Waals surface area contributed by atoms with Crippen molar-refractivity contribution >= 4 is 10.0 Å². The van der Waals surface area contributed by atoms with Crippen LogP contribution in [0.4, 0.5) is 8.78 Å². The van der Waals surface area contributed by atoms with Gasteiger partial charge >= 0.3 is 0 Å². The van der Waals surface area contributed by atoms with Gasteiger partial charge in [-0.15, -0.1) is 0 Å². The van der Waals surface area contributed by atoms with E-state index in [0.29, 0.717) is 6.07 Å². The second-order valence-electron chi connectivity index (χ2n) is 4.34. The lowest BCUT2D eigenvalue weighted by Crippen LogP contribution is -2.40. The lowest BCUT2D eigenvalue weighted by molar-refractivity contribution is 0.480. The van der Waals surface area contributed by atoms with Gasteiger partial charge in [-0.1, -0.05) is 13.8 Å². The molecule has 1 aromatic rings. The summed E-state index contributed by atoms with van der Waals surface area (Å²) < 4.78 is 51.4. The van der Waals surface area contributed by atoms with Crippen LogP contribution in [0.25, 0.3) is 0 Å². The van der Waals surface area contributed by atoms with Crippen LogP contribution in [0, 0.1) is 17.6 Å². The Labute approximate surface area is 105 Å². The molecule has 3 N–H and O–H groups in total. The summed E-state index contributed by atoms with van der Waals surface area (Å²) in [5, 5.41) is 0. The highest BCUT2D eigenvalue weighted by Crippen LogP contribution is 2.13. The fourth-order valence-corrected chi connectivity index (χ4v) is 2.25. The van der Waals surface area contributed by atoms with Gasteiger partial charge in [-0.05, 0) is 24.1 Å². The number of nitrogens with two attached hydrogens (primary N) is 1. The van der Waals surface area contributed by atoms with Crippen LogP contribution in [0.5, 0.6) is 0 Å². The van der Waals surface area contributed by atoms with E-state index in [0.717, 1.165) is 12.1 Å². The summed E-state index contributed by atoms with van der Waals surface area (Å²) in [7, 11) is -3.86. The van der Waals surface area contributed by atoms with Crippen LogP contribution < -0.4 is 10.5 Å². The first-order chi connectivity index (χ1) is 8.24. The van der Waals surface area contributed by atoms with Gasteiger partial charge in [-0.2, -0.15) is 0 Å². The van der Waals surface area contributed by atoms with Crippen LogP contribution in [-0.2, 0) is 10.0 Å². The van der Waals surface area contributed by atoms with Crippen molar-refractivity contribution in [3.8, 4) is 0 Å². The molecule has 1 rings (SSSR count). The fraction of sp³-hybridized carbons (Fsp3) is 0.455. The summed E-state index contributed by atoms with van der Waals surface area (Å²) >= 11 is 0. The van der Waals surface area contributed by atoms with Crippen LogP contribution in [0.3, 0.4) is 0 Å². The first-order valence-corrected chi connectivity index (χ1v) is 6.92. The molecule has 1 unspecified atom stereocenters. The van der Waals surface area contributed by atoms with Crippen molar-refractivity contribution in [3.05, 3.63) is 29.8 Å². The van der Waals surface area contributed by atoms with Crippen LogP contribution in [-0.4, -0.2) is 21.0 Å². The molecule has 1 atom stereocenters. The molecule has 7 heteroatoms. The van der Waals surface area contributed by atoms with E-state index >= 15 is 0 Å². The summed E-state index contributed by atoms with van der Waals surface area (Å²) in [5.41, 5.74) is 5.69. The fourth-order valence-electron chi connectivity index (χ4n) is 1.17. The zero-order chi connectivity index (χ0) is 13.9. The summed E-state index contributed by atoms with van der Waals surface area (Å²) in [6.07, 6.45) is 0. The van der Waals surface area contributed by atoms with E-state index in [-0.39, 0.29) is 23.4 Å². The molecule has 0 aliphatic heterocycles. The number of rotatable bonds is 5. The van der Waals surface area contributed by atoms with Gasteiger partial charge in [0.2, 0.25) is 10.0 Å². The zero-order valence-corrected chi connectivity index (χ0v) is 11.0. The summed E-state index contributed by atoms with van der Waals surface area (Å²) in [5.74, 6) is -2.18. The first kappa shape index (κ1) is 15.0. The molecule has 102 valence electrons. The molecule has 0 aliphatic rings. The maximum Gasteiger partial charge on any atom is 0.240 e. The number of hydrogen-bond donors (Lipinski definition) is 2. The second-order valence-corrected chi connectivity index (χ2v) is 6.10. The number of hydrogen-bond acceptors (Lipinski definition) is 3. The van der Waals surface area contributed by atoms with Crippen molar-refractivity contribution in [3.63, 3.8) is 0 Å². The molecule has 18 heavy (non-hydrogen) atoms. The Bertz CT molecular complexity index is 518. The number of nitrogens with one attached hydrogen (secondary N) is 1. The summed E-state index contributed by atoms with van der Waals surface area (Å²) in [4.78, 5) is -0.322. The molecule has 0 aromatic heterocycles. The van der Waals surface area contributed by atoms with Crippen LogP contribution >= 0.6 is 0 Å². The molecule has 0 bridgehead atoms. The van der Waals surface area contributed by atoms with Crippen molar-refractivity contribution in [2.75, 3.05) is 6.54 Å². The minimum absolute atomic E-state index is 0.0407. The standard InChI is InChI=1S/C11H16F2N2O2S/c1-7(2)11(14)6-15-18(16,17)8-3-4-9(12)10(13)5-8/h3-5,7,11,15H,6,14H2,1-2H3. The lowest BCUT2D eigenvalue weighted by Gasteiger charge is -2.16. The molecule has 0 radical (unpaired) electrons. The van der Waals surface area contributed by atoms with E-state index in [1.165, 1.54) is 0 Å². The second kappa shape index (κ2) is 5.73. The van der Waals surface area contributed by atoms with Gasteiger partial charge < -0.3 is 5.73 Å². The maximum absolute atomic E-state index is 12.9. The van der Waals surface area contributed by atoms with E-state index in [9.17, 15) is 17.2 Å². The van der Waals surface area contributed by atoms with Crippen LogP contribution in [0.2, 0.25) is 0 Å². The Morgan fingerprint density at radius 2 is 1.89 bits per heavy atom. The van der Waals surface area contributed by atoms with Gasteiger partial charge in [0.25, 0.3) is 0 Å². The summed E-state index contributed by atoms with van der Waals surface area (Å²) in [6, 6.07) is 2.07. The third-order valence-corrected chi connectivity index (χ3v) is 3.99. The largest absolute Gasteiger partial charge is 0.326 e. The molecule has 1 aromatic carbocycles. The lowest BCUT2D eigenvalue weighted by atomic mass is 10.1. The highest BCUT2D eigenvalue weighted by molar-refractivity contribution is 7.89. The molecular weight excluding hydrogens is 262 g/mol. The average Bonchev–Trinajstić information content (AvgIpc) is 2.29. The highest BCUT2D eigenvalue weighted by Gasteiger charge is 2.18. The van der Waals surface area contributed by atoms with Crippen molar-refractivity contribution < 1.29 is 17.2 Å². The van der Waals surface area contributed by atoms with Gasteiger partial charge in [0.15, 0.2) is 11.6 Å². The van der Waals surface area contributed by atoms with E-state index in [4.69, 9.17) is 5.73 Å². The van der Waals surface area contributed by atoms with Gasteiger partial charge in [-0.3, -0.25) is 0 Å². The molecule has 0 aliphatic carbocycles. The van der Waals surface area contributed by atoms with E-state index < -0.39 is 21.7 Å². The molecule has 0 saturated carbocycles. The van der Waals surface area contributed by atoms with Crippen molar-refractivity contribution in [1.29, 1.82) is 0 Å². The minimum Gasteiger partial charge on any atom is -0.326 e. The van der Waals surface area contributed by atoms with Gasteiger partial charge in [0.05, 0.1) is 4.90 Å². The Morgan fingerprint density at radius 1 is 1.28 bits per heavy atom. The van der Waals surface area contributed by atoms with E-state index in [1.54, 1.807) is 0 Å². The molecule has 4 nitrogen and oxygen atoms in total. The highest BCUT2D eigenvalue weighted by atomic mass is 32.2. The molecule has 0 heterocycles. The Morgan fingerprint density at radius 3 is 2.39 bits per heavy atom. The quantitative estimate of drug-likeness (QED) is 0.851. The number of halogens is 2. The van der Waals surface area contributed by atoms with Crippen molar-refractivity contribution in [2.45, 2.75) is 24.8 Å². The third kappa shape index (κ3) is 3.72. The normalized spacial score (nSPS) is 13.9. The minimum atomic E-state index is -3.86. The first-order valence-electron chi connectivity index (χ1n) is 5.44. The molecule has 0 fully saturated rings. The van der Waals surface area contributed by atoms with Crippen LogP contribution in [0.1, 0.15) is 13.8 Å². The number of sulfonamides is 1. The molecule has 0 spiro atoms. The summed E-state index contributed by atoms with van der Waals surface area (Å²) in [6.45, 7) is 3.76. The van der Waals surface area contributed by atoms with Crippen LogP contribution in [0.15, 0.2) is 23.1 Å². The Hall–Kier alpha value is -1.05. The van der Waals surface area contributed by atoms with Gasteiger partial charge in [-0.25, -0.2) is 21.9 Å². The topological polar surface area (TPSA) is 72.2 Å². The smallest absolute Gasteiger partial charge is 0.240 e. The molecular formula is C11H16F2N2O2S. The number of benzene rings is 1. The Balaban J connectivity index is 2.83. The predicted molar refractivity (Wildman–Crippen MR) is 64.4 cm³/mol. The van der Waals surface area contributed by atoms with Crippen molar-refractivity contribution in [1.82, 2.24) is 4.72 Å². The van der Waals surface area contributed by atoms with E-state index in [1.807, 2.05) is 13.8 Å². The van der Waals surface area contributed by atoms with Crippen molar-refractivity contribution in [2.24, 2.45) is 11.7 Å². The molecule has 0 amide bonds. The Kier molecular flexibility index (Phi) is 4.78. The zero-order valence-electron chi connectivity index (χ0n) is 10.2. The third-order valence-electron chi connectivity index (χ3n) is 2.57. The van der Waals surface area contributed by atoms with Gasteiger partial charge in [0, 0.05) is 12.6 Å². The maximum atomic E-state index is 12.9. The molecule has 0 saturated heterocycles. The van der Waals surface area contributed by atoms with Gasteiger partial charge in [0.1, 0.15) is 0 Å². The SMILES string of the molecule is CC(C)C(N)CNS(=O)(=O)c1ccc(F)c(F)c1.